The minimum Gasteiger partial charge on any atom is -0.497 e. The van der Waals surface area contributed by atoms with E-state index in [1.54, 1.807) is 15.9 Å². The quantitative estimate of drug-likeness (QED) is 0.779. The van der Waals surface area contributed by atoms with E-state index in [1.165, 1.54) is 19.2 Å². The molecule has 7 heteroatoms. The molecule has 0 atom stereocenters. The highest BCUT2D eigenvalue weighted by molar-refractivity contribution is 5.94. The van der Waals surface area contributed by atoms with Crippen LogP contribution in [0.3, 0.4) is 0 Å². The van der Waals surface area contributed by atoms with Crippen molar-refractivity contribution in [3.05, 3.63) is 29.6 Å². The van der Waals surface area contributed by atoms with Crippen molar-refractivity contribution in [2.24, 2.45) is 0 Å². The fourth-order valence-electron chi connectivity index (χ4n) is 2.94. The topological polar surface area (TPSA) is 53.1 Å². The zero-order valence-corrected chi connectivity index (χ0v) is 15.1. The van der Waals surface area contributed by atoms with Crippen molar-refractivity contribution in [1.82, 2.24) is 14.7 Å². The van der Waals surface area contributed by atoms with Gasteiger partial charge in [-0.3, -0.25) is 14.5 Å². The molecular formula is C18H26FN3O3. The molecule has 0 saturated carbocycles. The maximum Gasteiger partial charge on any atom is 0.256 e. The van der Waals surface area contributed by atoms with Crippen molar-refractivity contribution in [3.8, 4) is 5.75 Å². The third kappa shape index (κ3) is 4.69. The highest BCUT2D eigenvalue weighted by Gasteiger charge is 2.25. The number of hydrogen-bond donors (Lipinski definition) is 0. The molecule has 0 aliphatic carbocycles. The lowest BCUT2D eigenvalue weighted by Gasteiger charge is -2.35. The molecule has 0 radical (unpaired) electrons. The Morgan fingerprint density at radius 2 is 1.80 bits per heavy atom. The summed E-state index contributed by atoms with van der Waals surface area (Å²) in [5, 5.41) is 0. The second kappa shape index (κ2) is 8.80. The fourth-order valence-corrected chi connectivity index (χ4v) is 2.94. The summed E-state index contributed by atoms with van der Waals surface area (Å²) in [6.45, 7) is 7.86. The standard InChI is InChI=1S/C18H26FN3O3/c1-4-21(5-2)17(23)13-20-8-10-22(11-9-20)18(24)15-7-6-14(25-3)12-16(15)19/h6-7,12H,4-5,8-11,13H2,1-3H3. The second-order valence-corrected chi connectivity index (χ2v) is 5.98. The van der Waals surface area contributed by atoms with Crippen LogP contribution in [0.15, 0.2) is 18.2 Å². The molecule has 2 amide bonds. The van der Waals surface area contributed by atoms with Crippen molar-refractivity contribution in [2.75, 3.05) is 52.9 Å². The lowest BCUT2D eigenvalue weighted by molar-refractivity contribution is -0.132. The summed E-state index contributed by atoms with van der Waals surface area (Å²) < 4.78 is 19.0. The molecule has 1 aromatic rings. The summed E-state index contributed by atoms with van der Waals surface area (Å²) in [4.78, 5) is 30.1. The number of nitrogens with zero attached hydrogens (tertiary/aromatic N) is 3. The first-order valence-electron chi connectivity index (χ1n) is 8.63. The fraction of sp³-hybridized carbons (Fsp3) is 0.556. The Balaban J connectivity index is 1.91. The summed E-state index contributed by atoms with van der Waals surface area (Å²) >= 11 is 0. The first-order valence-corrected chi connectivity index (χ1v) is 8.63. The number of amides is 2. The Hall–Kier alpha value is -2.15. The predicted octanol–water partition coefficient (Wildman–Crippen LogP) is 1.46. The first-order chi connectivity index (χ1) is 12.0. The monoisotopic (exact) mass is 351 g/mol. The summed E-state index contributed by atoms with van der Waals surface area (Å²) in [6.07, 6.45) is 0. The zero-order chi connectivity index (χ0) is 18.4. The van der Waals surface area contributed by atoms with E-state index in [1.807, 2.05) is 18.7 Å². The van der Waals surface area contributed by atoms with E-state index in [2.05, 4.69) is 0 Å². The molecule has 6 nitrogen and oxygen atoms in total. The Morgan fingerprint density at radius 3 is 2.32 bits per heavy atom. The molecule has 0 aromatic heterocycles. The van der Waals surface area contributed by atoms with Gasteiger partial charge in [-0.1, -0.05) is 0 Å². The maximum absolute atomic E-state index is 14.1. The molecule has 2 rings (SSSR count). The van der Waals surface area contributed by atoms with Crippen molar-refractivity contribution in [3.63, 3.8) is 0 Å². The van der Waals surface area contributed by atoms with E-state index in [4.69, 9.17) is 4.74 Å². The van der Waals surface area contributed by atoms with E-state index < -0.39 is 5.82 Å². The molecule has 1 heterocycles. The molecule has 1 aromatic carbocycles. The van der Waals surface area contributed by atoms with E-state index in [0.717, 1.165) is 0 Å². The van der Waals surface area contributed by atoms with Gasteiger partial charge in [0.15, 0.2) is 0 Å². The number of hydrogen-bond acceptors (Lipinski definition) is 4. The number of halogens is 1. The lowest BCUT2D eigenvalue weighted by atomic mass is 10.1. The predicted molar refractivity (Wildman–Crippen MR) is 93.2 cm³/mol. The molecule has 138 valence electrons. The molecule has 0 bridgehead atoms. The number of rotatable bonds is 6. The van der Waals surface area contributed by atoms with Gasteiger partial charge in [0.2, 0.25) is 5.91 Å². The summed E-state index contributed by atoms with van der Waals surface area (Å²) in [5.41, 5.74) is 0.0495. The molecule has 0 spiro atoms. The normalized spacial score (nSPS) is 15.1. The minimum atomic E-state index is -0.580. The highest BCUT2D eigenvalue weighted by atomic mass is 19.1. The van der Waals surface area contributed by atoms with Crippen LogP contribution in [0.2, 0.25) is 0 Å². The Bertz CT molecular complexity index is 612. The zero-order valence-electron chi connectivity index (χ0n) is 15.1. The van der Waals surface area contributed by atoms with Gasteiger partial charge in [0.1, 0.15) is 11.6 Å². The van der Waals surface area contributed by atoms with Crippen LogP contribution in [0, 0.1) is 5.82 Å². The third-order valence-electron chi connectivity index (χ3n) is 4.54. The lowest BCUT2D eigenvalue weighted by Crippen LogP contribution is -2.51. The van der Waals surface area contributed by atoms with E-state index in [-0.39, 0.29) is 17.4 Å². The number of benzene rings is 1. The molecule has 25 heavy (non-hydrogen) atoms. The van der Waals surface area contributed by atoms with Crippen LogP contribution >= 0.6 is 0 Å². The van der Waals surface area contributed by atoms with Gasteiger partial charge in [0.25, 0.3) is 5.91 Å². The Labute approximate surface area is 148 Å². The van der Waals surface area contributed by atoms with Gasteiger partial charge < -0.3 is 14.5 Å². The van der Waals surface area contributed by atoms with E-state index >= 15 is 0 Å². The van der Waals surface area contributed by atoms with Gasteiger partial charge in [-0.25, -0.2) is 4.39 Å². The average molecular weight is 351 g/mol. The molecule has 1 fully saturated rings. The molecule has 0 unspecified atom stereocenters. The van der Waals surface area contributed by atoms with Crippen LogP contribution in [-0.2, 0) is 4.79 Å². The van der Waals surface area contributed by atoms with Crippen LogP contribution in [0.4, 0.5) is 4.39 Å². The van der Waals surface area contributed by atoms with Gasteiger partial charge in [0.05, 0.1) is 19.2 Å². The first kappa shape index (κ1) is 19.2. The number of ether oxygens (including phenoxy) is 1. The summed E-state index contributed by atoms with van der Waals surface area (Å²) in [5.74, 6) is -0.418. The van der Waals surface area contributed by atoms with Gasteiger partial charge in [-0.15, -0.1) is 0 Å². The third-order valence-corrected chi connectivity index (χ3v) is 4.54. The van der Waals surface area contributed by atoms with Crippen molar-refractivity contribution in [1.29, 1.82) is 0 Å². The SMILES string of the molecule is CCN(CC)C(=O)CN1CCN(C(=O)c2ccc(OC)cc2F)CC1. The number of likely N-dealkylation sites (N-methyl/N-ethyl adjacent to an activating group) is 1. The van der Waals surface area contributed by atoms with Crippen molar-refractivity contribution in [2.45, 2.75) is 13.8 Å². The van der Waals surface area contributed by atoms with Gasteiger partial charge in [-0.2, -0.15) is 0 Å². The summed E-state index contributed by atoms with van der Waals surface area (Å²) in [7, 11) is 1.45. The van der Waals surface area contributed by atoms with Crippen LogP contribution in [0.5, 0.6) is 5.75 Å². The van der Waals surface area contributed by atoms with Gasteiger partial charge in [0, 0.05) is 45.3 Å². The van der Waals surface area contributed by atoms with Crippen LogP contribution < -0.4 is 4.74 Å². The van der Waals surface area contributed by atoms with E-state index in [0.29, 0.717) is 51.6 Å². The van der Waals surface area contributed by atoms with Crippen LogP contribution in [0.1, 0.15) is 24.2 Å². The second-order valence-electron chi connectivity index (χ2n) is 5.98. The van der Waals surface area contributed by atoms with E-state index in [9.17, 15) is 14.0 Å². The van der Waals surface area contributed by atoms with Gasteiger partial charge >= 0.3 is 0 Å². The van der Waals surface area contributed by atoms with Crippen molar-refractivity contribution >= 4 is 11.8 Å². The largest absolute Gasteiger partial charge is 0.497 e. The maximum atomic E-state index is 14.1. The summed E-state index contributed by atoms with van der Waals surface area (Å²) in [6, 6.07) is 4.24. The number of piperazine rings is 1. The number of carbonyl (C=O) groups excluding carboxylic acids is 2. The van der Waals surface area contributed by atoms with Crippen molar-refractivity contribution < 1.29 is 18.7 Å². The number of methoxy groups -OCH3 is 1. The minimum absolute atomic E-state index is 0.0495. The molecular weight excluding hydrogens is 325 g/mol. The smallest absolute Gasteiger partial charge is 0.256 e. The molecule has 0 N–H and O–H groups in total. The Kier molecular flexibility index (Phi) is 6.75. The number of carbonyl (C=O) groups is 2. The molecule has 1 aliphatic rings. The Morgan fingerprint density at radius 1 is 1.16 bits per heavy atom. The average Bonchev–Trinajstić information content (AvgIpc) is 2.62. The van der Waals surface area contributed by atoms with Crippen LogP contribution in [0.25, 0.3) is 0 Å². The molecule has 1 saturated heterocycles. The van der Waals surface area contributed by atoms with Gasteiger partial charge in [-0.05, 0) is 26.0 Å². The van der Waals surface area contributed by atoms with Crippen LogP contribution in [-0.4, -0.2) is 79.4 Å². The highest BCUT2D eigenvalue weighted by Crippen LogP contribution is 2.18. The molecule has 1 aliphatic heterocycles.